The standard InChI is InChI=1S/C10H14.C6H12.C4H6O2.C4H10O.2C2H6/c1-4-10-6-5-8(2)9(3)7-10;1-6-4-2-3-5-6;1-3(5)4(2)6;1-3-4(2)5;2*1-2/h5-7H,4H2,1-3H3;6H,2-5H2,1H3;1-2H3;4-5H,3H2,1-2H3;2*1-2H3. The second-order valence-corrected chi connectivity index (χ2v) is 7.53. The van der Waals surface area contributed by atoms with Gasteiger partial charge in [0.05, 0.1) is 6.10 Å². The molecule has 1 aliphatic rings. The molecule has 0 saturated heterocycles. The number of aryl methyl sites for hydroxylation is 3. The van der Waals surface area contributed by atoms with Crippen molar-refractivity contribution < 1.29 is 14.7 Å². The summed E-state index contributed by atoms with van der Waals surface area (Å²) < 4.78 is 0. The Kier molecular flexibility index (Phi) is 31.6. The van der Waals surface area contributed by atoms with Crippen LogP contribution in [-0.4, -0.2) is 22.8 Å². The molecule has 184 valence electrons. The summed E-state index contributed by atoms with van der Waals surface area (Å²) in [6.45, 7) is 23.1. The zero-order valence-electron chi connectivity index (χ0n) is 22.9. The fourth-order valence-corrected chi connectivity index (χ4v) is 2.15. The molecule has 0 amide bonds. The molecule has 2 rings (SSSR count). The summed E-state index contributed by atoms with van der Waals surface area (Å²) >= 11 is 0. The Morgan fingerprint density at radius 3 is 1.52 bits per heavy atom. The molecule has 1 saturated carbocycles. The lowest BCUT2D eigenvalue weighted by molar-refractivity contribution is -0.134. The molecular weight excluding hydrogens is 384 g/mol. The molecule has 1 aliphatic carbocycles. The summed E-state index contributed by atoms with van der Waals surface area (Å²) in [4.78, 5) is 19.6. The lowest BCUT2D eigenvalue weighted by Crippen LogP contribution is -2.01. The van der Waals surface area contributed by atoms with E-state index in [9.17, 15) is 9.59 Å². The van der Waals surface area contributed by atoms with E-state index in [1.807, 2.05) is 34.6 Å². The first kappa shape index (κ1) is 36.9. The van der Waals surface area contributed by atoms with Crippen molar-refractivity contribution in [3.05, 3.63) is 34.9 Å². The molecule has 3 heteroatoms. The molecule has 0 spiro atoms. The van der Waals surface area contributed by atoms with Gasteiger partial charge >= 0.3 is 0 Å². The van der Waals surface area contributed by atoms with E-state index >= 15 is 0 Å². The highest BCUT2D eigenvalue weighted by molar-refractivity contribution is 6.35. The van der Waals surface area contributed by atoms with Gasteiger partial charge in [-0.05, 0) is 56.2 Å². The number of aliphatic hydroxyl groups excluding tert-OH is 1. The molecule has 1 atom stereocenters. The van der Waals surface area contributed by atoms with Gasteiger partial charge in [-0.2, -0.15) is 0 Å². The smallest absolute Gasteiger partial charge is 0.195 e. The summed E-state index contributed by atoms with van der Waals surface area (Å²) in [6.07, 6.45) is 7.83. The van der Waals surface area contributed by atoms with Crippen LogP contribution in [0.3, 0.4) is 0 Å². The molecule has 0 radical (unpaired) electrons. The molecule has 0 bridgehead atoms. The largest absolute Gasteiger partial charge is 0.393 e. The highest BCUT2D eigenvalue weighted by atomic mass is 16.3. The van der Waals surface area contributed by atoms with E-state index in [1.165, 1.54) is 56.2 Å². The molecule has 1 unspecified atom stereocenters. The van der Waals surface area contributed by atoms with Crippen LogP contribution in [0.4, 0.5) is 0 Å². The van der Waals surface area contributed by atoms with Gasteiger partial charge in [0, 0.05) is 13.8 Å². The highest BCUT2D eigenvalue weighted by Crippen LogP contribution is 2.22. The van der Waals surface area contributed by atoms with Crippen LogP contribution in [0.1, 0.15) is 118 Å². The average Bonchev–Trinajstić information content (AvgIpc) is 3.25. The number of rotatable bonds is 3. The predicted molar refractivity (Wildman–Crippen MR) is 139 cm³/mol. The van der Waals surface area contributed by atoms with Gasteiger partial charge in [-0.3, -0.25) is 9.59 Å². The molecule has 1 aromatic rings. The lowest BCUT2D eigenvalue weighted by atomic mass is 10.1. The number of aliphatic hydroxyl groups is 1. The van der Waals surface area contributed by atoms with Crippen LogP contribution in [0.15, 0.2) is 18.2 Å². The molecule has 0 aliphatic heterocycles. The number of hydrogen-bond acceptors (Lipinski definition) is 3. The van der Waals surface area contributed by atoms with Crippen molar-refractivity contribution in [3.8, 4) is 0 Å². The molecule has 0 aromatic heterocycles. The third-order valence-electron chi connectivity index (χ3n) is 4.71. The Balaban J connectivity index is -0.000000154. The summed E-state index contributed by atoms with van der Waals surface area (Å²) in [7, 11) is 0. The quantitative estimate of drug-likeness (QED) is 0.485. The zero-order chi connectivity index (χ0) is 25.4. The Morgan fingerprint density at radius 1 is 0.935 bits per heavy atom. The first-order valence-corrected chi connectivity index (χ1v) is 12.3. The minimum atomic E-state index is -0.380. The van der Waals surface area contributed by atoms with Gasteiger partial charge in [-0.15, -0.1) is 0 Å². The van der Waals surface area contributed by atoms with Gasteiger partial charge in [0.1, 0.15) is 0 Å². The molecule has 1 fully saturated rings. The van der Waals surface area contributed by atoms with Gasteiger partial charge in [0.15, 0.2) is 11.6 Å². The predicted octanol–water partition coefficient (Wildman–Crippen LogP) is 8.06. The lowest BCUT2D eigenvalue weighted by Gasteiger charge is -2.01. The summed E-state index contributed by atoms with van der Waals surface area (Å²) in [5.74, 6) is 0.287. The van der Waals surface area contributed by atoms with Gasteiger partial charge < -0.3 is 5.11 Å². The van der Waals surface area contributed by atoms with E-state index < -0.39 is 0 Å². The number of Topliss-reactive ketones (excluding diaryl/α,β-unsaturated/α-hetero) is 2. The van der Waals surface area contributed by atoms with Gasteiger partial charge in [-0.1, -0.05) is 92.3 Å². The second-order valence-electron chi connectivity index (χ2n) is 7.53. The third-order valence-corrected chi connectivity index (χ3v) is 4.71. The van der Waals surface area contributed by atoms with Crippen molar-refractivity contribution in [2.75, 3.05) is 0 Å². The van der Waals surface area contributed by atoms with Crippen LogP contribution in [0.5, 0.6) is 0 Å². The van der Waals surface area contributed by atoms with Crippen LogP contribution < -0.4 is 0 Å². The van der Waals surface area contributed by atoms with E-state index in [4.69, 9.17) is 5.11 Å². The summed E-state index contributed by atoms with van der Waals surface area (Å²) in [5, 5.41) is 8.36. The first-order chi connectivity index (χ1) is 14.5. The van der Waals surface area contributed by atoms with Crippen LogP contribution in [0.25, 0.3) is 0 Å². The maximum absolute atomic E-state index is 9.79. The minimum absolute atomic E-state index is 0.116. The topological polar surface area (TPSA) is 54.4 Å². The summed E-state index contributed by atoms with van der Waals surface area (Å²) in [5.41, 5.74) is 4.22. The van der Waals surface area contributed by atoms with E-state index in [1.54, 1.807) is 6.92 Å². The minimum Gasteiger partial charge on any atom is -0.393 e. The Morgan fingerprint density at radius 2 is 1.32 bits per heavy atom. The van der Waals surface area contributed by atoms with Crippen molar-refractivity contribution in [2.24, 2.45) is 5.92 Å². The molecular formula is C28H54O3. The SMILES string of the molecule is CC.CC.CC(=O)C(C)=O.CC1CCCC1.CCC(C)O.CCc1ccc(C)c(C)c1. The van der Waals surface area contributed by atoms with Gasteiger partial charge in [-0.25, -0.2) is 0 Å². The van der Waals surface area contributed by atoms with Crippen LogP contribution in [0.2, 0.25) is 0 Å². The molecule has 0 heterocycles. The second kappa shape index (κ2) is 26.6. The number of benzene rings is 1. The number of carbonyl (C=O) groups is 2. The van der Waals surface area contributed by atoms with Crippen LogP contribution in [-0.2, 0) is 16.0 Å². The van der Waals surface area contributed by atoms with Gasteiger partial charge in [0.2, 0.25) is 0 Å². The number of ketones is 2. The monoisotopic (exact) mass is 438 g/mol. The Hall–Kier alpha value is -1.48. The van der Waals surface area contributed by atoms with E-state index in [0.717, 1.165) is 18.8 Å². The zero-order valence-corrected chi connectivity index (χ0v) is 22.9. The van der Waals surface area contributed by atoms with Crippen molar-refractivity contribution in [2.45, 2.75) is 128 Å². The maximum Gasteiger partial charge on any atom is 0.195 e. The van der Waals surface area contributed by atoms with Crippen LogP contribution in [0, 0.1) is 19.8 Å². The highest BCUT2D eigenvalue weighted by Gasteiger charge is 2.07. The number of hydrogen-bond donors (Lipinski definition) is 1. The molecule has 1 aromatic carbocycles. The fourth-order valence-electron chi connectivity index (χ4n) is 2.15. The van der Waals surface area contributed by atoms with Crippen molar-refractivity contribution in [3.63, 3.8) is 0 Å². The summed E-state index contributed by atoms with van der Waals surface area (Å²) in [6, 6.07) is 6.64. The number of carbonyl (C=O) groups excluding carboxylic acids is 2. The van der Waals surface area contributed by atoms with E-state index in [-0.39, 0.29) is 17.7 Å². The third kappa shape index (κ3) is 28.5. The van der Waals surface area contributed by atoms with Crippen molar-refractivity contribution in [1.82, 2.24) is 0 Å². The average molecular weight is 439 g/mol. The molecule has 31 heavy (non-hydrogen) atoms. The van der Waals surface area contributed by atoms with E-state index in [0.29, 0.717) is 0 Å². The fraction of sp³-hybridized carbons (Fsp3) is 0.714. The Bertz CT molecular complexity index is 515. The van der Waals surface area contributed by atoms with E-state index in [2.05, 4.69) is 45.9 Å². The molecule has 3 nitrogen and oxygen atoms in total. The van der Waals surface area contributed by atoms with Crippen molar-refractivity contribution >= 4 is 11.6 Å². The van der Waals surface area contributed by atoms with Gasteiger partial charge in [0.25, 0.3) is 0 Å². The maximum atomic E-state index is 9.79. The van der Waals surface area contributed by atoms with Crippen LogP contribution >= 0.6 is 0 Å². The first-order valence-electron chi connectivity index (χ1n) is 12.3. The van der Waals surface area contributed by atoms with Crippen molar-refractivity contribution in [1.29, 1.82) is 0 Å². The normalized spacial score (nSPS) is 12.4. The Labute approximate surface area is 195 Å². The molecule has 1 N–H and O–H groups in total.